The van der Waals surface area contributed by atoms with Crippen molar-refractivity contribution in [1.82, 2.24) is 9.62 Å². The molecular weight excluding hydrogens is 320 g/mol. The molecule has 0 aliphatic heterocycles. The smallest absolute Gasteiger partial charge is 0.326 e. The number of hydrogen-bond acceptors (Lipinski definition) is 4. The molecule has 0 radical (unpaired) electrons. The molecule has 2 rings (SSSR count). The third kappa shape index (κ3) is 3.89. The summed E-state index contributed by atoms with van der Waals surface area (Å²) in [6, 6.07) is 3.25. The van der Waals surface area contributed by atoms with E-state index in [-0.39, 0.29) is 16.5 Å². The number of carboxylic acid groups (broad SMARTS) is 1. The molecule has 1 fully saturated rings. The van der Waals surface area contributed by atoms with Crippen LogP contribution in [0.25, 0.3) is 0 Å². The van der Waals surface area contributed by atoms with Crippen molar-refractivity contribution >= 4 is 21.9 Å². The Kier molecular flexibility index (Phi) is 4.76. The van der Waals surface area contributed by atoms with Gasteiger partial charge in [0.25, 0.3) is 5.91 Å². The molecule has 0 bridgehead atoms. The van der Waals surface area contributed by atoms with Crippen molar-refractivity contribution in [3.63, 3.8) is 0 Å². The Bertz CT molecular complexity index is 740. The average Bonchev–Trinajstić information content (AvgIpc) is 3.28. The molecular formula is C15H20N2O5S. The van der Waals surface area contributed by atoms with Crippen LogP contribution in [0, 0.1) is 6.92 Å². The zero-order valence-electron chi connectivity index (χ0n) is 13.2. The highest BCUT2D eigenvalue weighted by Gasteiger charge is 2.29. The van der Waals surface area contributed by atoms with E-state index in [0.29, 0.717) is 5.56 Å². The Morgan fingerprint density at radius 2 is 1.96 bits per heavy atom. The lowest BCUT2D eigenvalue weighted by Gasteiger charge is -2.22. The van der Waals surface area contributed by atoms with Crippen molar-refractivity contribution in [2.45, 2.75) is 43.7 Å². The van der Waals surface area contributed by atoms with Gasteiger partial charge in [-0.05, 0) is 44.4 Å². The van der Waals surface area contributed by atoms with Crippen LogP contribution in [0.15, 0.2) is 23.1 Å². The second kappa shape index (κ2) is 6.29. The molecule has 1 atom stereocenters. The molecule has 23 heavy (non-hydrogen) atoms. The highest BCUT2D eigenvalue weighted by Crippen LogP contribution is 2.23. The molecule has 126 valence electrons. The van der Waals surface area contributed by atoms with Crippen LogP contribution in [0.2, 0.25) is 0 Å². The van der Waals surface area contributed by atoms with Crippen LogP contribution in [-0.2, 0) is 14.8 Å². The predicted octanol–water partition coefficient (Wildman–Crippen LogP) is 0.981. The van der Waals surface area contributed by atoms with Crippen LogP contribution in [0.4, 0.5) is 0 Å². The van der Waals surface area contributed by atoms with Crippen LogP contribution < -0.4 is 4.72 Å². The summed E-state index contributed by atoms with van der Waals surface area (Å²) in [5, 5.41) is 9.01. The van der Waals surface area contributed by atoms with E-state index in [2.05, 4.69) is 4.72 Å². The van der Waals surface area contributed by atoms with Crippen molar-refractivity contribution in [3.8, 4) is 0 Å². The van der Waals surface area contributed by atoms with Crippen LogP contribution in [-0.4, -0.2) is 49.4 Å². The molecule has 1 aromatic rings. The van der Waals surface area contributed by atoms with Gasteiger partial charge < -0.3 is 10.0 Å². The maximum Gasteiger partial charge on any atom is 0.326 e. The highest BCUT2D eigenvalue weighted by molar-refractivity contribution is 7.89. The van der Waals surface area contributed by atoms with Gasteiger partial charge in [0.15, 0.2) is 0 Å². The van der Waals surface area contributed by atoms with E-state index in [4.69, 9.17) is 5.11 Å². The van der Waals surface area contributed by atoms with Crippen molar-refractivity contribution < 1.29 is 23.1 Å². The van der Waals surface area contributed by atoms with Gasteiger partial charge in [0, 0.05) is 18.7 Å². The van der Waals surface area contributed by atoms with Crippen LogP contribution in [0.3, 0.4) is 0 Å². The number of sulfonamides is 1. The molecule has 7 nitrogen and oxygen atoms in total. The Hall–Kier alpha value is -1.93. The monoisotopic (exact) mass is 340 g/mol. The third-order valence-electron chi connectivity index (χ3n) is 3.91. The summed E-state index contributed by atoms with van der Waals surface area (Å²) in [5.41, 5.74) is 0.768. The second-order valence-electron chi connectivity index (χ2n) is 5.80. The summed E-state index contributed by atoms with van der Waals surface area (Å²) in [4.78, 5) is 24.6. The largest absolute Gasteiger partial charge is 0.480 e. The number of aliphatic carboxylic acids is 1. The number of carboxylic acids is 1. The number of carbonyl (C=O) groups excluding carboxylic acids is 1. The number of nitrogens with one attached hydrogen (secondary N) is 1. The molecule has 1 saturated carbocycles. The first kappa shape index (κ1) is 17.4. The van der Waals surface area contributed by atoms with Gasteiger partial charge >= 0.3 is 5.97 Å². The molecule has 0 spiro atoms. The number of hydrogen-bond donors (Lipinski definition) is 2. The van der Waals surface area contributed by atoms with Gasteiger partial charge in [-0.2, -0.15) is 0 Å². The van der Waals surface area contributed by atoms with Crippen molar-refractivity contribution in [3.05, 3.63) is 29.3 Å². The fraction of sp³-hybridized carbons (Fsp3) is 0.467. The maximum absolute atomic E-state index is 12.5. The Morgan fingerprint density at radius 1 is 1.35 bits per heavy atom. The predicted molar refractivity (Wildman–Crippen MR) is 83.7 cm³/mol. The Labute approximate surface area is 135 Å². The summed E-state index contributed by atoms with van der Waals surface area (Å²) in [5.74, 6) is -1.65. The normalized spacial score (nSPS) is 16.0. The van der Waals surface area contributed by atoms with Crippen molar-refractivity contribution in [2.24, 2.45) is 0 Å². The molecule has 1 unspecified atom stereocenters. The van der Waals surface area contributed by atoms with Gasteiger partial charge in [-0.1, -0.05) is 6.07 Å². The zero-order chi connectivity index (χ0) is 17.4. The number of rotatable bonds is 6. The van der Waals surface area contributed by atoms with Crippen molar-refractivity contribution in [1.29, 1.82) is 0 Å². The molecule has 8 heteroatoms. The summed E-state index contributed by atoms with van der Waals surface area (Å²) in [6.45, 7) is 3.07. The molecule has 2 N–H and O–H groups in total. The minimum absolute atomic E-state index is 0.00901. The van der Waals surface area contributed by atoms with E-state index < -0.39 is 27.9 Å². The number of carbonyl (C=O) groups is 2. The molecule has 1 amide bonds. The number of amides is 1. The van der Waals surface area contributed by atoms with Gasteiger partial charge in [-0.25, -0.2) is 17.9 Å². The summed E-state index contributed by atoms with van der Waals surface area (Å²) >= 11 is 0. The molecule has 0 aromatic heterocycles. The average molecular weight is 340 g/mol. The van der Waals surface area contributed by atoms with E-state index in [1.54, 1.807) is 13.0 Å². The van der Waals surface area contributed by atoms with Gasteiger partial charge in [-0.15, -0.1) is 0 Å². The molecule has 1 aromatic carbocycles. The van der Waals surface area contributed by atoms with Crippen LogP contribution in [0.1, 0.15) is 35.7 Å². The van der Waals surface area contributed by atoms with Gasteiger partial charge in [0.05, 0.1) is 4.90 Å². The SMILES string of the molecule is Cc1ccc(S(=O)(=O)NC2CC2)cc1C(=O)N(C)C(C)C(=O)O. The lowest BCUT2D eigenvalue weighted by atomic mass is 10.1. The van der Waals surface area contributed by atoms with Gasteiger partial charge in [0.2, 0.25) is 10.0 Å². The Balaban J connectivity index is 2.33. The minimum Gasteiger partial charge on any atom is -0.480 e. The van der Waals surface area contributed by atoms with Gasteiger partial charge in [-0.3, -0.25) is 4.79 Å². The summed E-state index contributed by atoms with van der Waals surface area (Å²) < 4.78 is 27.1. The summed E-state index contributed by atoms with van der Waals surface area (Å²) in [6.07, 6.45) is 1.63. The molecule has 1 aliphatic rings. The van der Waals surface area contributed by atoms with E-state index in [0.717, 1.165) is 17.7 Å². The second-order valence-corrected chi connectivity index (χ2v) is 7.52. The summed E-state index contributed by atoms with van der Waals surface area (Å²) in [7, 11) is -2.29. The fourth-order valence-corrected chi connectivity index (χ4v) is 3.35. The van der Waals surface area contributed by atoms with E-state index in [1.807, 2.05) is 0 Å². The van der Waals surface area contributed by atoms with E-state index in [1.165, 1.54) is 26.1 Å². The topological polar surface area (TPSA) is 104 Å². The van der Waals surface area contributed by atoms with E-state index in [9.17, 15) is 18.0 Å². The quantitative estimate of drug-likeness (QED) is 0.803. The van der Waals surface area contributed by atoms with Crippen molar-refractivity contribution in [2.75, 3.05) is 7.05 Å². The van der Waals surface area contributed by atoms with Gasteiger partial charge in [0.1, 0.15) is 6.04 Å². The zero-order valence-corrected chi connectivity index (χ0v) is 14.1. The fourth-order valence-electron chi connectivity index (χ4n) is 2.02. The lowest BCUT2D eigenvalue weighted by molar-refractivity contribution is -0.141. The molecule has 1 aliphatic carbocycles. The van der Waals surface area contributed by atoms with E-state index >= 15 is 0 Å². The molecule has 0 saturated heterocycles. The number of benzene rings is 1. The first-order valence-corrected chi connectivity index (χ1v) is 8.74. The van der Waals surface area contributed by atoms with Crippen LogP contribution >= 0.6 is 0 Å². The maximum atomic E-state index is 12.5. The minimum atomic E-state index is -3.67. The highest BCUT2D eigenvalue weighted by atomic mass is 32.2. The number of nitrogens with zero attached hydrogens (tertiary/aromatic N) is 1. The first-order valence-electron chi connectivity index (χ1n) is 7.26. The lowest BCUT2D eigenvalue weighted by Crippen LogP contribution is -2.40. The van der Waals surface area contributed by atoms with Crippen LogP contribution in [0.5, 0.6) is 0 Å². The third-order valence-corrected chi connectivity index (χ3v) is 5.43. The Morgan fingerprint density at radius 3 is 2.48 bits per heavy atom. The first-order chi connectivity index (χ1) is 10.6. The molecule has 0 heterocycles. The standard InChI is InChI=1S/C15H20N2O5S/c1-9-4-7-12(23(21,22)16-11-5-6-11)8-13(9)14(18)17(3)10(2)15(19)20/h4,7-8,10-11,16H,5-6H2,1-3H3,(H,19,20). The number of aryl methyl sites for hydroxylation is 1. The number of likely N-dealkylation sites (N-methyl/N-ethyl adjacent to an activating group) is 1.